The summed E-state index contributed by atoms with van der Waals surface area (Å²) in [5, 5.41) is 0. The van der Waals surface area contributed by atoms with Gasteiger partial charge in [0.2, 0.25) is 0 Å². The number of carbonyl (C=O) groups excluding carboxylic acids is 1. The highest BCUT2D eigenvalue weighted by atomic mass is 35.5. The van der Waals surface area contributed by atoms with Gasteiger partial charge in [0.15, 0.2) is 0 Å². The molecule has 3 nitrogen and oxygen atoms in total. The van der Waals surface area contributed by atoms with Gasteiger partial charge in [-0.15, -0.1) is 12.4 Å². The third-order valence-corrected chi connectivity index (χ3v) is 3.42. The number of hydrogen-bond acceptors (Lipinski definition) is 3. The molecule has 0 unspecified atom stereocenters. The molecule has 1 aliphatic rings. The van der Waals surface area contributed by atoms with Crippen molar-refractivity contribution in [1.29, 1.82) is 0 Å². The standard InChI is InChI=1S/C12H23NO2.ClH/c1-3-15-12(14)8-9(2)10-4-6-11(13)7-5-10;/h9-11H,3-8,13H2,1-2H3;1H/t9-,10-,11-;/m0./s1. The fourth-order valence-corrected chi connectivity index (χ4v) is 2.36. The van der Waals surface area contributed by atoms with Crippen molar-refractivity contribution >= 4 is 18.4 Å². The Labute approximate surface area is 105 Å². The van der Waals surface area contributed by atoms with Crippen molar-refractivity contribution in [1.82, 2.24) is 0 Å². The normalized spacial score (nSPS) is 26.7. The highest BCUT2D eigenvalue weighted by molar-refractivity contribution is 5.85. The number of esters is 1. The van der Waals surface area contributed by atoms with E-state index in [1.54, 1.807) is 0 Å². The molecule has 1 aliphatic carbocycles. The van der Waals surface area contributed by atoms with Crippen molar-refractivity contribution in [3.05, 3.63) is 0 Å². The van der Waals surface area contributed by atoms with Crippen molar-refractivity contribution in [2.75, 3.05) is 6.61 Å². The molecule has 16 heavy (non-hydrogen) atoms. The van der Waals surface area contributed by atoms with Gasteiger partial charge in [0.1, 0.15) is 0 Å². The van der Waals surface area contributed by atoms with E-state index in [1.165, 1.54) is 12.8 Å². The Bertz CT molecular complexity index is 203. The molecule has 1 saturated carbocycles. The second-order valence-corrected chi connectivity index (χ2v) is 4.66. The molecule has 0 amide bonds. The van der Waals surface area contributed by atoms with Gasteiger partial charge in [-0.05, 0) is 44.4 Å². The number of halogens is 1. The van der Waals surface area contributed by atoms with Gasteiger partial charge in [-0.25, -0.2) is 0 Å². The van der Waals surface area contributed by atoms with Gasteiger partial charge in [-0.2, -0.15) is 0 Å². The average Bonchev–Trinajstić information content (AvgIpc) is 2.18. The molecule has 4 heteroatoms. The van der Waals surface area contributed by atoms with E-state index in [4.69, 9.17) is 10.5 Å². The quantitative estimate of drug-likeness (QED) is 0.779. The third-order valence-electron chi connectivity index (χ3n) is 3.42. The first-order valence-electron chi connectivity index (χ1n) is 6.04. The summed E-state index contributed by atoms with van der Waals surface area (Å²) in [5.74, 6) is 1.05. The molecule has 0 aromatic rings. The van der Waals surface area contributed by atoms with Gasteiger partial charge in [0.25, 0.3) is 0 Å². The van der Waals surface area contributed by atoms with Gasteiger partial charge in [-0.1, -0.05) is 6.92 Å². The molecule has 1 fully saturated rings. The van der Waals surface area contributed by atoms with Crippen LogP contribution in [0.1, 0.15) is 46.0 Å². The van der Waals surface area contributed by atoms with Crippen molar-refractivity contribution in [3.8, 4) is 0 Å². The lowest BCUT2D eigenvalue weighted by atomic mass is 9.78. The monoisotopic (exact) mass is 249 g/mol. The van der Waals surface area contributed by atoms with Crippen LogP contribution in [0.15, 0.2) is 0 Å². The van der Waals surface area contributed by atoms with Gasteiger partial charge in [-0.3, -0.25) is 4.79 Å². The summed E-state index contributed by atoms with van der Waals surface area (Å²) in [6, 6.07) is 0.385. The molecule has 0 spiro atoms. The smallest absolute Gasteiger partial charge is 0.306 e. The SMILES string of the molecule is CCOC(=O)C[C@H](C)[C@H]1CC[C@H](N)CC1.Cl. The first-order valence-corrected chi connectivity index (χ1v) is 6.04. The number of nitrogens with two attached hydrogens (primary N) is 1. The van der Waals surface area contributed by atoms with E-state index in [0.29, 0.717) is 30.9 Å². The van der Waals surface area contributed by atoms with Crippen LogP contribution in [-0.2, 0) is 9.53 Å². The lowest BCUT2D eigenvalue weighted by molar-refractivity contribution is -0.144. The van der Waals surface area contributed by atoms with Gasteiger partial charge in [0, 0.05) is 12.5 Å². The molecular formula is C12H24ClNO2. The largest absolute Gasteiger partial charge is 0.466 e. The van der Waals surface area contributed by atoms with Crippen LogP contribution in [0, 0.1) is 11.8 Å². The first-order chi connectivity index (χ1) is 7.13. The molecule has 0 aromatic heterocycles. The highest BCUT2D eigenvalue weighted by Gasteiger charge is 2.25. The molecule has 0 heterocycles. The van der Waals surface area contributed by atoms with Crippen LogP contribution in [0.4, 0.5) is 0 Å². The molecule has 0 radical (unpaired) electrons. The molecule has 0 saturated heterocycles. The average molecular weight is 250 g/mol. The van der Waals surface area contributed by atoms with Crippen molar-refractivity contribution < 1.29 is 9.53 Å². The van der Waals surface area contributed by atoms with E-state index in [2.05, 4.69) is 6.92 Å². The van der Waals surface area contributed by atoms with E-state index in [1.807, 2.05) is 6.92 Å². The lowest BCUT2D eigenvalue weighted by Crippen LogP contribution is -2.29. The summed E-state index contributed by atoms with van der Waals surface area (Å²) >= 11 is 0. The molecular weight excluding hydrogens is 226 g/mol. The van der Waals surface area contributed by atoms with Crippen LogP contribution in [-0.4, -0.2) is 18.6 Å². The van der Waals surface area contributed by atoms with Crippen LogP contribution in [0.5, 0.6) is 0 Å². The van der Waals surface area contributed by atoms with Gasteiger partial charge < -0.3 is 10.5 Å². The summed E-state index contributed by atoms with van der Waals surface area (Å²) in [5.41, 5.74) is 5.85. The van der Waals surface area contributed by atoms with Crippen LogP contribution in [0.3, 0.4) is 0 Å². The van der Waals surface area contributed by atoms with E-state index in [0.717, 1.165) is 12.8 Å². The first kappa shape index (κ1) is 15.7. The minimum atomic E-state index is -0.0557. The van der Waals surface area contributed by atoms with Crippen LogP contribution >= 0.6 is 12.4 Å². The summed E-state index contributed by atoms with van der Waals surface area (Å²) in [6.07, 6.45) is 5.12. The predicted octanol–water partition coefficient (Wildman–Crippen LogP) is 2.52. The van der Waals surface area contributed by atoms with E-state index in [-0.39, 0.29) is 18.4 Å². The molecule has 1 rings (SSSR count). The molecule has 1 atom stereocenters. The molecule has 0 bridgehead atoms. The van der Waals surface area contributed by atoms with Crippen LogP contribution in [0.2, 0.25) is 0 Å². The van der Waals surface area contributed by atoms with E-state index >= 15 is 0 Å². The number of rotatable bonds is 4. The minimum absolute atomic E-state index is 0. The predicted molar refractivity (Wildman–Crippen MR) is 67.6 cm³/mol. The number of carbonyl (C=O) groups is 1. The van der Waals surface area contributed by atoms with Gasteiger partial charge in [0.05, 0.1) is 6.61 Å². The molecule has 96 valence electrons. The Kier molecular flexibility index (Phi) is 7.77. The van der Waals surface area contributed by atoms with Crippen molar-refractivity contribution in [2.45, 2.75) is 52.0 Å². The third kappa shape index (κ3) is 5.17. The Morgan fingerprint density at radius 2 is 1.94 bits per heavy atom. The zero-order valence-electron chi connectivity index (χ0n) is 10.3. The Balaban J connectivity index is 0.00000225. The summed E-state index contributed by atoms with van der Waals surface area (Å²) < 4.78 is 4.96. The van der Waals surface area contributed by atoms with Crippen molar-refractivity contribution in [2.24, 2.45) is 17.6 Å². The molecule has 0 aromatic carbocycles. The zero-order valence-corrected chi connectivity index (χ0v) is 11.1. The van der Waals surface area contributed by atoms with Crippen molar-refractivity contribution in [3.63, 3.8) is 0 Å². The Hall–Kier alpha value is -0.280. The Morgan fingerprint density at radius 3 is 2.44 bits per heavy atom. The maximum absolute atomic E-state index is 11.3. The zero-order chi connectivity index (χ0) is 11.3. The summed E-state index contributed by atoms with van der Waals surface area (Å²) in [7, 11) is 0. The van der Waals surface area contributed by atoms with Crippen LogP contribution in [0.25, 0.3) is 0 Å². The summed E-state index contributed by atoms with van der Waals surface area (Å²) in [4.78, 5) is 11.3. The Morgan fingerprint density at radius 1 is 1.38 bits per heavy atom. The van der Waals surface area contributed by atoms with E-state index in [9.17, 15) is 4.79 Å². The van der Waals surface area contributed by atoms with Crippen LogP contribution < -0.4 is 5.73 Å². The number of hydrogen-bond donors (Lipinski definition) is 1. The minimum Gasteiger partial charge on any atom is -0.466 e. The van der Waals surface area contributed by atoms with E-state index < -0.39 is 0 Å². The van der Waals surface area contributed by atoms with Gasteiger partial charge >= 0.3 is 5.97 Å². The summed E-state index contributed by atoms with van der Waals surface area (Å²) in [6.45, 7) is 4.49. The fourth-order valence-electron chi connectivity index (χ4n) is 2.36. The second-order valence-electron chi connectivity index (χ2n) is 4.66. The highest BCUT2D eigenvalue weighted by Crippen LogP contribution is 2.31. The topological polar surface area (TPSA) is 52.3 Å². The molecule has 2 N–H and O–H groups in total. The second kappa shape index (κ2) is 7.91. The lowest BCUT2D eigenvalue weighted by Gasteiger charge is -2.30. The maximum atomic E-state index is 11.3. The maximum Gasteiger partial charge on any atom is 0.306 e. The number of ether oxygens (including phenoxy) is 1. The fraction of sp³-hybridized carbons (Fsp3) is 0.917. The molecule has 0 aliphatic heterocycles.